The molecule has 0 saturated carbocycles. The second-order valence-corrected chi connectivity index (χ2v) is 8.73. The van der Waals surface area contributed by atoms with Crippen molar-refractivity contribution in [3.63, 3.8) is 0 Å². The molecule has 2 aromatic carbocycles. The number of carbonyl (C=O) groups is 1. The van der Waals surface area contributed by atoms with Crippen LogP contribution in [0.1, 0.15) is 30.4 Å². The molecule has 1 unspecified atom stereocenters. The highest BCUT2D eigenvalue weighted by molar-refractivity contribution is 7.86. The van der Waals surface area contributed by atoms with Gasteiger partial charge >= 0.3 is 6.09 Å². The Labute approximate surface area is 177 Å². The van der Waals surface area contributed by atoms with Crippen LogP contribution in [-0.2, 0) is 19.0 Å². The van der Waals surface area contributed by atoms with Crippen molar-refractivity contribution in [2.75, 3.05) is 19.8 Å². The van der Waals surface area contributed by atoms with Crippen molar-refractivity contribution in [3.8, 4) is 5.75 Å². The highest BCUT2D eigenvalue weighted by atomic mass is 32.2. The fourth-order valence-electron chi connectivity index (χ4n) is 3.10. The maximum absolute atomic E-state index is 12.5. The van der Waals surface area contributed by atoms with Crippen molar-refractivity contribution in [1.29, 1.82) is 0 Å². The number of carbonyl (C=O) groups excluding carboxylic acids is 1. The standard InChI is InChI=1S/C22H26NO6S/c1-17-6-10-19(11-7-17)29-22(24)23-14-4-3-5-21(23)27-15-16-28-30(25,26)20-12-8-18(2)9-13-20/h6-13,21H,1,3-5,14-16H2,2H3. The molecule has 1 aliphatic heterocycles. The topological polar surface area (TPSA) is 82.1 Å². The average Bonchev–Trinajstić information content (AvgIpc) is 2.73. The molecule has 1 heterocycles. The fraction of sp³-hybridized carbons (Fsp3) is 0.364. The number of aryl methyl sites for hydroxylation is 1. The summed E-state index contributed by atoms with van der Waals surface area (Å²) < 4.78 is 40.7. The number of rotatable bonds is 7. The maximum atomic E-state index is 12.5. The number of ether oxygens (including phenoxy) is 2. The largest absolute Gasteiger partial charge is 0.417 e. The first-order valence-electron chi connectivity index (χ1n) is 9.83. The molecule has 161 valence electrons. The zero-order chi connectivity index (χ0) is 21.6. The van der Waals surface area contributed by atoms with Crippen LogP contribution in [-0.4, -0.2) is 45.4 Å². The van der Waals surface area contributed by atoms with E-state index in [4.69, 9.17) is 13.7 Å². The first-order valence-corrected chi connectivity index (χ1v) is 11.2. The summed E-state index contributed by atoms with van der Waals surface area (Å²) in [5, 5.41) is 0. The summed E-state index contributed by atoms with van der Waals surface area (Å²) in [5.74, 6) is 0.434. The SMILES string of the molecule is [CH2]c1ccc(OC(=O)N2CCCCC2OCCOS(=O)(=O)c2ccc(C)cc2)cc1. The molecule has 8 heteroatoms. The van der Waals surface area contributed by atoms with Crippen LogP contribution >= 0.6 is 0 Å². The van der Waals surface area contributed by atoms with Crippen LogP contribution in [0.25, 0.3) is 0 Å². The molecule has 1 radical (unpaired) electrons. The van der Waals surface area contributed by atoms with Crippen LogP contribution in [0.4, 0.5) is 4.79 Å². The molecule has 1 saturated heterocycles. The summed E-state index contributed by atoms with van der Waals surface area (Å²) in [6.07, 6.45) is 1.43. The van der Waals surface area contributed by atoms with Gasteiger partial charge in [0.15, 0.2) is 0 Å². The van der Waals surface area contributed by atoms with Gasteiger partial charge in [-0.15, -0.1) is 0 Å². The third kappa shape index (κ3) is 6.04. The van der Waals surface area contributed by atoms with E-state index < -0.39 is 22.4 Å². The van der Waals surface area contributed by atoms with Crippen molar-refractivity contribution in [2.24, 2.45) is 0 Å². The van der Waals surface area contributed by atoms with E-state index in [2.05, 4.69) is 6.92 Å². The van der Waals surface area contributed by atoms with E-state index in [-0.39, 0.29) is 18.1 Å². The van der Waals surface area contributed by atoms with Gasteiger partial charge < -0.3 is 9.47 Å². The minimum Gasteiger partial charge on any atom is -0.410 e. The quantitative estimate of drug-likeness (QED) is 0.487. The summed E-state index contributed by atoms with van der Waals surface area (Å²) in [4.78, 5) is 14.2. The molecule has 7 nitrogen and oxygen atoms in total. The number of benzene rings is 2. The molecule has 3 rings (SSSR count). The minimum absolute atomic E-state index is 0.0374. The Hall–Kier alpha value is -2.42. The van der Waals surface area contributed by atoms with E-state index in [1.54, 1.807) is 36.4 Å². The lowest BCUT2D eigenvalue weighted by Gasteiger charge is -2.34. The number of nitrogens with zero attached hydrogens (tertiary/aromatic N) is 1. The molecule has 2 aromatic rings. The summed E-state index contributed by atoms with van der Waals surface area (Å²) in [7, 11) is -3.84. The van der Waals surface area contributed by atoms with Gasteiger partial charge in [0.1, 0.15) is 12.0 Å². The fourth-order valence-corrected chi connectivity index (χ4v) is 3.99. The van der Waals surface area contributed by atoms with Crippen LogP contribution in [0.15, 0.2) is 53.4 Å². The van der Waals surface area contributed by atoms with Gasteiger partial charge in [0.25, 0.3) is 10.1 Å². The van der Waals surface area contributed by atoms with Gasteiger partial charge in [-0.2, -0.15) is 8.42 Å². The van der Waals surface area contributed by atoms with Crippen molar-refractivity contribution < 1.29 is 26.9 Å². The molecule has 0 bridgehead atoms. The lowest BCUT2D eigenvalue weighted by Crippen LogP contribution is -2.46. The molecule has 0 aromatic heterocycles. The van der Waals surface area contributed by atoms with Gasteiger partial charge in [0, 0.05) is 6.54 Å². The van der Waals surface area contributed by atoms with Gasteiger partial charge in [-0.3, -0.25) is 9.08 Å². The first-order chi connectivity index (χ1) is 14.3. The molecule has 0 spiro atoms. The van der Waals surface area contributed by atoms with Crippen LogP contribution in [0.3, 0.4) is 0 Å². The van der Waals surface area contributed by atoms with Crippen molar-refractivity contribution in [1.82, 2.24) is 4.90 Å². The van der Waals surface area contributed by atoms with E-state index in [1.165, 1.54) is 17.0 Å². The number of piperidine rings is 1. The highest BCUT2D eigenvalue weighted by Crippen LogP contribution is 2.21. The van der Waals surface area contributed by atoms with Crippen LogP contribution in [0.5, 0.6) is 5.75 Å². The number of hydrogen-bond acceptors (Lipinski definition) is 6. The molecule has 0 N–H and O–H groups in total. The minimum atomic E-state index is -3.84. The van der Waals surface area contributed by atoms with E-state index in [0.717, 1.165) is 24.0 Å². The Kier molecular flexibility index (Phi) is 7.47. The molecule has 1 atom stereocenters. The van der Waals surface area contributed by atoms with Crippen molar-refractivity contribution in [3.05, 3.63) is 66.6 Å². The van der Waals surface area contributed by atoms with Crippen LogP contribution in [0.2, 0.25) is 0 Å². The summed E-state index contributed by atoms with van der Waals surface area (Å²) >= 11 is 0. The monoisotopic (exact) mass is 432 g/mol. The number of amides is 1. The van der Waals surface area contributed by atoms with E-state index in [1.807, 2.05) is 6.92 Å². The molecular formula is C22H26NO6S. The molecule has 30 heavy (non-hydrogen) atoms. The number of likely N-dealkylation sites (tertiary alicyclic amines) is 1. The van der Waals surface area contributed by atoms with Gasteiger partial charge in [-0.25, -0.2) is 4.79 Å². The van der Waals surface area contributed by atoms with Gasteiger partial charge in [0.2, 0.25) is 0 Å². The Balaban J connectivity index is 1.51. The second kappa shape index (κ2) is 10.1. The van der Waals surface area contributed by atoms with Crippen molar-refractivity contribution in [2.45, 2.75) is 37.3 Å². The molecule has 1 amide bonds. The predicted octanol–water partition coefficient (Wildman–Crippen LogP) is 3.91. The Morgan fingerprint density at radius 2 is 1.77 bits per heavy atom. The lowest BCUT2D eigenvalue weighted by molar-refractivity contribution is -0.0710. The van der Waals surface area contributed by atoms with Crippen LogP contribution < -0.4 is 4.74 Å². The highest BCUT2D eigenvalue weighted by Gasteiger charge is 2.29. The maximum Gasteiger partial charge on any atom is 0.417 e. The van der Waals surface area contributed by atoms with Gasteiger partial charge in [-0.05, 0) is 62.9 Å². The average molecular weight is 433 g/mol. The van der Waals surface area contributed by atoms with Crippen molar-refractivity contribution >= 4 is 16.2 Å². The summed E-state index contributed by atoms with van der Waals surface area (Å²) in [6.45, 7) is 6.09. The smallest absolute Gasteiger partial charge is 0.410 e. The van der Waals surface area contributed by atoms with E-state index in [9.17, 15) is 13.2 Å². The normalized spacial score (nSPS) is 17.0. The Morgan fingerprint density at radius 1 is 1.07 bits per heavy atom. The third-order valence-electron chi connectivity index (χ3n) is 4.75. The first kappa shape index (κ1) is 22.3. The Bertz CT molecular complexity index is 941. The van der Waals surface area contributed by atoms with E-state index >= 15 is 0 Å². The zero-order valence-corrected chi connectivity index (χ0v) is 17.8. The van der Waals surface area contributed by atoms with Gasteiger partial charge in [0.05, 0.1) is 18.1 Å². The second-order valence-electron chi connectivity index (χ2n) is 7.12. The number of hydrogen-bond donors (Lipinski definition) is 0. The summed E-state index contributed by atoms with van der Waals surface area (Å²) in [5.41, 5.74) is 1.79. The predicted molar refractivity (Wildman–Crippen MR) is 112 cm³/mol. The Morgan fingerprint density at radius 3 is 2.47 bits per heavy atom. The van der Waals surface area contributed by atoms with Gasteiger partial charge in [-0.1, -0.05) is 29.8 Å². The summed E-state index contributed by atoms with van der Waals surface area (Å²) in [6, 6.07) is 13.3. The zero-order valence-electron chi connectivity index (χ0n) is 17.0. The lowest BCUT2D eigenvalue weighted by atomic mass is 10.1. The van der Waals surface area contributed by atoms with Crippen LogP contribution in [0, 0.1) is 13.8 Å². The molecule has 1 aliphatic rings. The molecular weight excluding hydrogens is 406 g/mol. The van der Waals surface area contributed by atoms with E-state index in [0.29, 0.717) is 18.7 Å². The molecule has 1 fully saturated rings. The third-order valence-corrected chi connectivity index (χ3v) is 6.08. The molecule has 0 aliphatic carbocycles.